The zero-order valence-electron chi connectivity index (χ0n) is 19.8. The van der Waals surface area contributed by atoms with Gasteiger partial charge in [0.25, 0.3) is 0 Å². The van der Waals surface area contributed by atoms with Crippen LogP contribution in [0.25, 0.3) is 11.1 Å². The Balaban J connectivity index is 2.00. The van der Waals surface area contributed by atoms with E-state index in [9.17, 15) is 19.1 Å². The van der Waals surface area contributed by atoms with Crippen molar-refractivity contribution in [2.75, 3.05) is 0 Å². The summed E-state index contributed by atoms with van der Waals surface area (Å²) in [5.74, 6) is -0.525. The first-order valence-corrected chi connectivity index (χ1v) is 11.6. The van der Waals surface area contributed by atoms with Crippen LogP contribution in [0.3, 0.4) is 0 Å². The number of carboxylic acids is 1. The number of nitrogens with zero attached hydrogens (tertiary/aromatic N) is 2. The fraction of sp³-hybridized carbons (Fsp3) is 0.407. The van der Waals surface area contributed by atoms with Gasteiger partial charge in [-0.15, -0.1) is 0 Å². The first-order valence-electron chi connectivity index (χ1n) is 11.6. The molecule has 0 aliphatic rings. The molecule has 3 rings (SSSR count). The number of hydrogen-bond acceptors (Lipinski definition) is 2. The van der Waals surface area contributed by atoms with Gasteiger partial charge in [0.15, 0.2) is 0 Å². The third-order valence-corrected chi connectivity index (χ3v) is 6.27. The lowest BCUT2D eigenvalue weighted by molar-refractivity contribution is 0.0697. The largest absolute Gasteiger partial charge is 0.478 e. The van der Waals surface area contributed by atoms with E-state index in [-0.39, 0.29) is 17.3 Å². The summed E-state index contributed by atoms with van der Waals surface area (Å²) in [4.78, 5) is 24.9. The topological polar surface area (TPSA) is 64.2 Å². The second-order valence-corrected chi connectivity index (χ2v) is 9.00. The van der Waals surface area contributed by atoms with E-state index in [4.69, 9.17) is 0 Å². The number of rotatable bonds is 10. The van der Waals surface area contributed by atoms with E-state index in [1.807, 2.05) is 44.2 Å². The fourth-order valence-corrected chi connectivity index (χ4v) is 4.20. The van der Waals surface area contributed by atoms with Gasteiger partial charge in [0.05, 0.1) is 17.8 Å². The van der Waals surface area contributed by atoms with Crippen molar-refractivity contribution in [1.82, 2.24) is 9.13 Å². The number of carboxylic acid groups (broad SMARTS) is 1. The number of imidazole rings is 1. The summed E-state index contributed by atoms with van der Waals surface area (Å²) in [5.41, 5.74) is 3.69. The zero-order chi connectivity index (χ0) is 24.1. The number of aromatic nitrogens is 2. The average molecular weight is 453 g/mol. The van der Waals surface area contributed by atoms with Gasteiger partial charge in [-0.25, -0.2) is 14.0 Å². The molecule has 6 heteroatoms. The predicted molar refractivity (Wildman–Crippen MR) is 130 cm³/mol. The lowest BCUT2D eigenvalue weighted by Gasteiger charge is -2.13. The SMILES string of the molecule is CCC(C)n1c(CF)c(CCC(C)C)n(Cc2ccc(-c3ccccc3C(=O)O)cc2)c1=O. The smallest absolute Gasteiger partial charge is 0.336 e. The molecule has 1 unspecified atom stereocenters. The minimum Gasteiger partial charge on any atom is -0.478 e. The van der Waals surface area contributed by atoms with Crippen molar-refractivity contribution in [1.29, 1.82) is 0 Å². The van der Waals surface area contributed by atoms with Gasteiger partial charge in [0.2, 0.25) is 0 Å². The molecular formula is C27H33FN2O3. The molecule has 33 heavy (non-hydrogen) atoms. The van der Waals surface area contributed by atoms with Crippen molar-refractivity contribution in [2.45, 2.75) is 66.2 Å². The van der Waals surface area contributed by atoms with Gasteiger partial charge in [-0.2, -0.15) is 0 Å². The maximum Gasteiger partial charge on any atom is 0.336 e. The van der Waals surface area contributed by atoms with Crippen LogP contribution in [0.15, 0.2) is 53.3 Å². The number of halogens is 1. The summed E-state index contributed by atoms with van der Waals surface area (Å²) in [5, 5.41) is 9.47. The lowest BCUT2D eigenvalue weighted by Crippen LogP contribution is -2.28. The first kappa shape index (κ1) is 24.5. The molecule has 1 atom stereocenters. The Morgan fingerprint density at radius 2 is 1.70 bits per heavy atom. The Bertz CT molecular complexity index is 1160. The van der Waals surface area contributed by atoms with Crippen LogP contribution in [0.1, 0.15) is 73.9 Å². The van der Waals surface area contributed by atoms with E-state index in [2.05, 4.69) is 13.8 Å². The van der Waals surface area contributed by atoms with Crippen molar-refractivity contribution in [3.8, 4) is 11.1 Å². The molecule has 0 aliphatic carbocycles. The Hall–Kier alpha value is -3.15. The molecule has 0 radical (unpaired) electrons. The molecule has 0 spiro atoms. The predicted octanol–water partition coefficient (Wildman–Crippen LogP) is 6.09. The Morgan fingerprint density at radius 3 is 2.27 bits per heavy atom. The summed E-state index contributed by atoms with van der Waals surface area (Å²) in [6.45, 7) is 7.88. The van der Waals surface area contributed by atoms with Gasteiger partial charge in [-0.05, 0) is 54.9 Å². The minimum absolute atomic E-state index is 0.0720. The number of hydrogen-bond donors (Lipinski definition) is 1. The van der Waals surface area contributed by atoms with Crippen molar-refractivity contribution in [3.05, 3.63) is 81.5 Å². The third kappa shape index (κ3) is 5.27. The van der Waals surface area contributed by atoms with Gasteiger partial charge in [-0.1, -0.05) is 63.2 Å². The van der Waals surface area contributed by atoms with Crippen molar-refractivity contribution in [2.24, 2.45) is 5.92 Å². The molecule has 0 aliphatic heterocycles. The number of carbonyl (C=O) groups is 1. The number of alkyl halides is 1. The highest BCUT2D eigenvalue weighted by Gasteiger charge is 2.22. The second kappa shape index (κ2) is 10.6. The molecule has 1 heterocycles. The van der Waals surface area contributed by atoms with Gasteiger partial charge in [0, 0.05) is 11.7 Å². The van der Waals surface area contributed by atoms with E-state index in [1.165, 1.54) is 0 Å². The summed E-state index contributed by atoms with van der Waals surface area (Å²) < 4.78 is 17.5. The van der Waals surface area contributed by atoms with Crippen LogP contribution < -0.4 is 5.69 Å². The number of benzene rings is 2. The molecule has 5 nitrogen and oxygen atoms in total. The highest BCUT2D eigenvalue weighted by Crippen LogP contribution is 2.25. The standard InChI is InChI=1S/C27H33FN2O3/c1-5-19(4)30-25(16-28)24(15-10-18(2)3)29(27(30)33)17-20-11-13-21(14-12-20)22-8-6-7-9-23(22)26(31)32/h6-9,11-14,18-19H,5,10,15-17H2,1-4H3,(H,31,32). The molecular weight excluding hydrogens is 419 g/mol. The molecule has 0 saturated heterocycles. The molecule has 0 amide bonds. The molecule has 1 N–H and O–H groups in total. The van der Waals surface area contributed by atoms with Gasteiger partial charge in [-0.3, -0.25) is 9.13 Å². The van der Waals surface area contributed by atoms with Crippen LogP contribution in [0.2, 0.25) is 0 Å². The van der Waals surface area contributed by atoms with E-state index in [1.54, 1.807) is 27.3 Å². The van der Waals surface area contributed by atoms with Crippen molar-refractivity contribution >= 4 is 5.97 Å². The molecule has 3 aromatic rings. The fourth-order valence-electron chi connectivity index (χ4n) is 4.20. The highest BCUT2D eigenvalue weighted by atomic mass is 19.1. The summed E-state index contributed by atoms with van der Waals surface area (Å²) in [6.07, 6.45) is 2.28. The molecule has 0 saturated carbocycles. The van der Waals surface area contributed by atoms with Gasteiger partial charge < -0.3 is 5.11 Å². The first-order chi connectivity index (χ1) is 15.8. The maximum absolute atomic E-state index is 14.1. The van der Waals surface area contributed by atoms with Crippen LogP contribution in [0.5, 0.6) is 0 Å². The Labute approximate surface area is 194 Å². The zero-order valence-corrected chi connectivity index (χ0v) is 19.8. The number of aromatic carboxylic acids is 1. The molecule has 1 aromatic heterocycles. The average Bonchev–Trinajstić information content (AvgIpc) is 3.08. The summed E-state index contributed by atoms with van der Waals surface area (Å²) >= 11 is 0. The minimum atomic E-state index is -0.971. The summed E-state index contributed by atoms with van der Waals surface area (Å²) in [6, 6.07) is 14.4. The van der Waals surface area contributed by atoms with Crippen LogP contribution in [0.4, 0.5) is 4.39 Å². The van der Waals surface area contributed by atoms with Crippen LogP contribution in [0, 0.1) is 5.92 Å². The molecule has 2 aromatic carbocycles. The molecule has 0 bridgehead atoms. The van der Waals surface area contributed by atoms with Crippen LogP contribution >= 0.6 is 0 Å². The van der Waals surface area contributed by atoms with Crippen molar-refractivity contribution < 1.29 is 14.3 Å². The van der Waals surface area contributed by atoms with Crippen molar-refractivity contribution in [3.63, 3.8) is 0 Å². The Morgan fingerprint density at radius 1 is 1.03 bits per heavy atom. The molecule has 0 fully saturated rings. The highest BCUT2D eigenvalue weighted by molar-refractivity contribution is 5.95. The normalized spacial score (nSPS) is 12.3. The maximum atomic E-state index is 14.1. The van der Waals surface area contributed by atoms with E-state index < -0.39 is 12.6 Å². The quantitative estimate of drug-likeness (QED) is 0.405. The monoisotopic (exact) mass is 452 g/mol. The lowest BCUT2D eigenvalue weighted by atomic mass is 9.98. The van der Waals surface area contributed by atoms with E-state index in [0.717, 1.165) is 29.7 Å². The van der Waals surface area contributed by atoms with Gasteiger partial charge in [0.1, 0.15) is 6.67 Å². The van der Waals surface area contributed by atoms with Gasteiger partial charge >= 0.3 is 11.7 Å². The third-order valence-electron chi connectivity index (χ3n) is 6.27. The van der Waals surface area contributed by atoms with E-state index in [0.29, 0.717) is 30.1 Å². The van der Waals surface area contributed by atoms with E-state index >= 15 is 0 Å². The van der Waals surface area contributed by atoms with Crippen LogP contribution in [-0.4, -0.2) is 20.2 Å². The molecule has 176 valence electrons. The second-order valence-electron chi connectivity index (χ2n) is 9.00. The Kier molecular flexibility index (Phi) is 7.90. The van der Waals surface area contributed by atoms with Crippen LogP contribution in [-0.2, 0) is 19.6 Å². The summed E-state index contributed by atoms with van der Waals surface area (Å²) in [7, 11) is 0.